The summed E-state index contributed by atoms with van der Waals surface area (Å²) in [7, 11) is 0. The van der Waals surface area contributed by atoms with Crippen molar-refractivity contribution in [3.8, 4) is 5.69 Å². The second kappa shape index (κ2) is 6.19. The highest BCUT2D eigenvalue weighted by molar-refractivity contribution is 5.90. The van der Waals surface area contributed by atoms with Crippen LogP contribution >= 0.6 is 0 Å². The third kappa shape index (κ3) is 3.35. The third-order valence-corrected chi connectivity index (χ3v) is 2.99. The maximum Gasteiger partial charge on any atom is 0.257 e. The van der Waals surface area contributed by atoms with E-state index in [2.05, 4.69) is 5.32 Å². The zero-order chi connectivity index (χ0) is 14.5. The minimum absolute atomic E-state index is 0.0695. The van der Waals surface area contributed by atoms with Crippen LogP contribution in [-0.4, -0.2) is 10.5 Å². The van der Waals surface area contributed by atoms with Crippen LogP contribution in [0.5, 0.6) is 0 Å². The van der Waals surface area contributed by atoms with Crippen molar-refractivity contribution in [2.75, 3.05) is 5.32 Å². The van der Waals surface area contributed by atoms with Gasteiger partial charge in [0.15, 0.2) is 0 Å². The van der Waals surface area contributed by atoms with Gasteiger partial charge in [0.1, 0.15) is 0 Å². The van der Waals surface area contributed by atoms with Crippen LogP contribution in [0, 0.1) is 6.92 Å². The van der Waals surface area contributed by atoms with Gasteiger partial charge >= 0.3 is 0 Å². The van der Waals surface area contributed by atoms with Crippen LogP contribution in [0.2, 0.25) is 0 Å². The molecule has 0 unspecified atom stereocenters. The average molecular weight is 270 g/mol. The van der Waals surface area contributed by atoms with Crippen LogP contribution in [0.3, 0.4) is 0 Å². The van der Waals surface area contributed by atoms with E-state index in [0.29, 0.717) is 12.1 Å². The minimum Gasteiger partial charge on any atom is -0.326 e. The molecule has 1 heterocycles. The summed E-state index contributed by atoms with van der Waals surface area (Å²) < 4.78 is 1.55. The molecule has 1 aromatic carbocycles. The predicted octanol–water partition coefficient (Wildman–Crippen LogP) is 2.88. The molecular weight excluding hydrogens is 252 g/mol. The lowest BCUT2D eigenvalue weighted by Crippen LogP contribution is -2.19. The van der Waals surface area contributed by atoms with Crippen molar-refractivity contribution in [2.45, 2.75) is 26.7 Å². The Morgan fingerprint density at radius 1 is 1.20 bits per heavy atom. The lowest BCUT2D eigenvalue weighted by Gasteiger charge is -2.08. The third-order valence-electron chi connectivity index (χ3n) is 2.99. The zero-order valence-electron chi connectivity index (χ0n) is 11.7. The number of carbonyl (C=O) groups excluding carboxylic acids is 1. The van der Waals surface area contributed by atoms with E-state index in [4.69, 9.17) is 0 Å². The molecule has 104 valence electrons. The first-order valence-corrected chi connectivity index (χ1v) is 6.70. The molecule has 2 aromatic rings. The van der Waals surface area contributed by atoms with Crippen LogP contribution < -0.4 is 10.9 Å². The number of benzene rings is 1. The number of nitrogens with one attached hydrogen (secondary N) is 1. The first-order valence-electron chi connectivity index (χ1n) is 6.70. The highest BCUT2D eigenvalue weighted by Crippen LogP contribution is 2.09. The molecule has 0 bridgehead atoms. The van der Waals surface area contributed by atoms with E-state index in [0.717, 1.165) is 17.7 Å². The number of anilines is 1. The first kappa shape index (κ1) is 14.1. The Hall–Kier alpha value is -2.36. The van der Waals surface area contributed by atoms with Gasteiger partial charge < -0.3 is 5.32 Å². The molecule has 20 heavy (non-hydrogen) atoms. The van der Waals surface area contributed by atoms with Gasteiger partial charge in [0, 0.05) is 30.1 Å². The molecule has 0 fully saturated rings. The highest BCUT2D eigenvalue weighted by Gasteiger charge is 2.04. The lowest BCUT2D eigenvalue weighted by molar-refractivity contribution is -0.116. The molecule has 0 aliphatic rings. The van der Waals surface area contributed by atoms with Gasteiger partial charge in [-0.1, -0.05) is 24.6 Å². The minimum atomic E-state index is -0.164. The van der Waals surface area contributed by atoms with Crippen LogP contribution in [0.15, 0.2) is 47.4 Å². The number of pyridine rings is 1. The van der Waals surface area contributed by atoms with Gasteiger partial charge in [-0.15, -0.1) is 0 Å². The number of carbonyl (C=O) groups is 1. The van der Waals surface area contributed by atoms with E-state index in [9.17, 15) is 9.59 Å². The Bertz CT molecular complexity index is 657. The topological polar surface area (TPSA) is 51.1 Å². The molecule has 4 heteroatoms. The van der Waals surface area contributed by atoms with Gasteiger partial charge in [-0.05, 0) is 31.5 Å². The van der Waals surface area contributed by atoms with Crippen LogP contribution in [0.25, 0.3) is 5.69 Å². The van der Waals surface area contributed by atoms with E-state index in [1.807, 2.05) is 38.1 Å². The summed E-state index contributed by atoms with van der Waals surface area (Å²) in [6.45, 7) is 3.94. The molecule has 0 aliphatic carbocycles. The maximum atomic E-state index is 12.1. The Morgan fingerprint density at radius 3 is 2.50 bits per heavy atom. The summed E-state index contributed by atoms with van der Waals surface area (Å²) in [5.41, 5.74) is 2.33. The number of aromatic nitrogens is 1. The van der Waals surface area contributed by atoms with Gasteiger partial charge in [0.05, 0.1) is 0 Å². The largest absolute Gasteiger partial charge is 0.326 e. The van der Waals surface area contributed by atoms with Crippen LogP contribution in [-0.2, 0) is 4.79 Å². The Labute approximate surface area is 118 Å². The average Bonchev–Trinajstić information content (AvgIpc) is 2.40. The van der Waals surface area contributed by atoms with E-state index in [1.54, 1.807) is 16.8 Å². The second-order valence-corrected chi connectivity index (χ2v) is 4.76. The van der Waals surface area contributed by atoms with Gasteiger partial charge in [0.25, 0.3) is 5.56 Å². The van der Waals surface area contributed by atoms with E-state index < -0.39 is 0 Å². The SMILES string of the molecule is CCCC(=O)Nc1ccn(-c2ccc(C)cc2)c(=O)c1. The van der Waals surface area contributed by atoms with Gasteiger partial charge in [-0.25, -0.2) is 0 Å². The van der Waals surface area contributed by atoms with E-state index >= 15 is 0 Å². The lowest BCUT2D eigenvalue weighted by atomic mass is 10.2. The summed E-state index contributed by atoms with van der Waals surface area (Å²) in [6, 6.07) is 10.9. The van der Waals surface area contributed by atoms with E-state index in [1.165, 1.54) is 6.07 Å². The number of hydrogen-bond donors (Lipinski definition) is 1. The van der Waals surface area contributed by atoms with Crippen molar-refractivity contribution >= 4 is 11.6 Å². The Kier molecular flexibility index (Phi) is 4.35. The summed E-state index contributed by atoms with van der Waals surface area (Å²) >= 11 is 0. The van der Waals surface area contributed by atoms with E-state index in [-0.39, 0.29) is 11.5 Å². The number of hydrogen-bond acceptors (Lipinski definition) is 2. The predicted molar refractivity (Wildman–Crippen MR) is 80.3 cm³/mol. The van der Waals surface area contributed by atoms with Crippen molar-refractivity contribution in [2.24, 2.45) is 0 Å². The molecule has 0 atom stereocenters. The Morgan fingerprint density at radius 2 is 1.90 bits per heavy atom. The molecular formula is C16H18N2O2. The van der Waals surface area contributed by atoms with Crippen LogP contribution in [0.4, 0.5) is 5.69 Å². The molecule has 2 rings (SSSR count). The fourth-order valence-electron chi connectivity index (χ4n) is 1.93. The van der Waals surface area contributed by atoms with Crippen molar-refractivity contribution < 1.29 is 4.79 Å². The van der Waals surface area contributed by atoms with Crippen molar-refractivity contribution in [1.29, 1.82) is 0 Å². The van der Waals surface area contributed by atoms with Crippen molar-refractivity contribution in [1.82, 2.24) is 4.57 Å². The molecule has 1 N–H and O–H groups in total. The van der Waals surface area contributed by atoms with Gasteiger partial charge in [0.2, 0.25) is 5.91 Å². The molecule has 0 aliphatic heterocycles. The second-order valence-electron chi connectivity index (χ2n) is 4.76. The quantitative estimate of drug-likeness (QED) is 0.928. The highest BCUT2D eigenvalue weighted by atomic mass is 16.1. The molecule has 0 spiro atoms. The van der Waals surface area contributed by atoms with Crippen molar-refractivity contribution in [3.63, 3.8) is 0 Å². The molecule has 0 saturated heterocycles. The summed E-state index contributed by atoms with van der Waals surface area (Å²) in [5.74, 6) is -0.0695. The van der Waals surface area contributed by atoms with Gasteiger partial charge in [-0.3, -0.25) is 14.2 Å². The Balaban J connectivity index is 2.24. The smallest absolute Gasteiger partial charge is 0.257 e. The summed E-state index contributed by atoms with van der Waals surface area (Å²) in [5, 5.41) is 2.72. The standard InChI is InChI=1S/C16H18N2O2/c1-3-4-15(19)17-13-9-10-18(16(20)11-13)14-7-5-12(2)6-8-14/h5-11H,3-4H2,1-2H3,(H,17,19). The monoisotopic (exact) mass is 270 g/mol. The number of rotatable bonds is 4. The molecule has 0 radical (unpaired) electrons. The summed E-state index contributed by atoms with van der Waals surface area (Å²) in [4.78, 5) is 23.6. The fraction of sp³-hybridized carbons (Fsp3) is 0.250. The summed E-state index contributed by atoms with van der Waals surface area (Å²) in [6.07, 6.45) is 2.92. The number of aryl methyl sites for hydroxylation is 1. The number of amides is 1. The maximum absolute atomic E-state index is 12.1. The van der Waals surface area contributed by atoms with Crippen molar-refractivity contribution in [3.05, 3.63) is 58.5 Å². The normalized spacial score (nSPS) is 10.3. The molecule has 1 aromatic heterocycles. The van der Waals surface area contributed by atoms with Gasteiger partial charge in [-0.2, -0.15) is 0 Å². The molecule has 0 saturated carbocycles. The molecule has 1 amide bonds. The fourth-order valence-corrected chi connectivity index (χ4v) is 1.93. The first-order chi connectivity index (χ1) is 9.60. The zero-order valence-corrected chi connectivity index (χ0v) is 11.7. The van der Waals surface area contributed by atoms with Crippen LogP contribution in [0.1, 0.15) is 25.3 Å². The molecule has 4 nitrogen and oxygen atoms in total. The number of nitrogens with zero attached hydrogens (tertiary/aromatic N) is 1.